The number of hydrogen-bond acceptors (Lipinski definition) is 5. The Kier molecular flexibility index (Phi) is 6.31. The van der Waals surface area contributed by atoms with E-state index in [1.807, 2.05) is 14.1 Å². The Morgan fingerprint density at radius 3 is 2.57 bits per heavy atom. The van der Waals surface area contributed by atoms with Crippen molar-refractivity contribution in [2.24, 2.45) is 0 Å². The molecule has 0 aliphatic heterocycles. The van der Waals surface area contributed by atoms with E-state index in [0.717, 1.165) is 19.5 Å². The number of nitrogens with zero attached hydrogens (tertiary/aromatic N) is 3. The lowest BCUT2D eigenvalue weighted by Crippen LogP contribution is -2.17. The highest BCUT2D eigenvalue weighted by Gasteiger charge is 2.09. The van der Waals surface area contributed by atoms with Crippen molar-refractivity contribution in [1.29, 1.82) is 0 Å². The van der Waals surface area contributed by atoms with Crippen LogP contribution in [0.25, 0.3) is 0 Å². The fourth-order valence-electron chi connectivity index (χ4n) is 1.89. The number of nitrogens with one attached hydrogen (secondary N) is 2. The van der Waals surface area contributed by atoms with E-state index in [2.05, 4.69) is 25.5 Å². The molecule has 23 heavy (non-hydrogen) atoms. The zero-order valence-electron chi connectivity index (χ0n) is 13.2. The summed E-state index contributed by atoms with van der Waals surface area (Å²) in [5.41, 5.74) is 0.939. The second kappa shape index (κ2) is 8.45. The van der Waals surface area contributed by atoms with Gasteiger partial charge in [0.2, 0.25) is 5.95 Å². The van der Waals surface area contributed by atoms with Gasteiger partial charge in [0.25, 0.3) is 5.91 Å². The molecular weight excluding hydrogens is 314 g/mol. The Bertz CT molecular complexity index is 645. The van der Waals surface area contributed by atoms with Crippen molar-refractivity contribution in [2.45, 2.75) is 6.42 Å². The summed E-state index contributed by atoms with van der Waals surface area (Å²) in [7, 11) is 4.06. The molecule has 7 heteroatoms. The predicted octanol–water partition coefficient (Wildman–Crippen LogP) is 2.75. The van der Waals surface area contributed by atoms with Crippen LogP contribution < -0.4 is 10.6 Å². The van der Waals surface area contributed by atoms with Gasteiger partial charge in [-0.3, -0.25) is 4.79 Å². The van der Waals surface area contributed by atoms with E-state index in [1.165, 1.54) is 12.4 Å². The van der Waals surface area contributed by atoms with Gasteiger partial charge in [-0.05, 0) is 39.2 Å². The molecule has 0 aliphatic carbocycles. The molecule has 0 saturated heterocycles. The van der Waals surface area contributed by atoms with Gasteiger partial charge in [-0.2, -0.15) is 0 Å². The van der Waals surface area contributed by atoms with Crippen LogP contribution in [0, 0.1) is 0 Å². The third-order valence-corrected chi connectivity index (χ3v) is 3.43. The quantitative estimate of drug-likeness (QED) is 0.762. The molecule has 1 amide bonds. The zero-order valence-corrected chi connectivity index (χ0v) is 14.0. The molecule has 1 aromatic heterocycles. The molecule has 0 spiro atoms. The van der Waals surface area contributed by atoms with E-state index in [0.29, 0.717) is 22.2 Å². The van der Waals surface area contributed by atoms with Gasteiger partial charge in [-0.1, -0.05) is 23.7 Å². The highest BCUT2D eigenvalue weighted by atomic mass is 35.5. The molecule has 0 aliphatic rings. The standard InChI is InChI=1S/C16H20ClN5O/c1-22(2)9-5-8-18-16-19-10-12(11-20-16)15(23)21-14-7-4-3-6-13(14)17/h3-4,6-7,10-11H,5,8-9H2,1-2H3,(H,21,23)(H,18,19,20). The number of aromatic nitrogens is 2. The van der Waals surface area contributed by atoms with E-state index in [9.17, 15) is 4.79 Å². The fraction of sp³-hybridized carbons (Fsp3) is 0.312. The molecule has 0 bridgehead atoms. The molecule has 2 aromatic rings. The summed E-state index contributed by atoms with van der Waals surface area (Å²) in [4.78, 5) is 22.6. The lowest BCUT2D eigenvalue weighted by molar-refractivity contribution is 0.102. The molecule has 6 nitrogen and oxygen atoms in total. The Morgan fingerprint density at radius 1 is 1.22 bits per heavy atom. The Hall–Kier alpha value is -2.18. The second-order valence-electron chi connectivity index (χ2n) is 5.31. The first-order chi connectivity index (χ1) is 11.1. The second-order valence-corrected chi connectivity index (χ2v) is 5.72. The van der Waals surface area contributed by atoms with Crippen LogP contribution in [0.1, 0.15) is 16.8 Å². The summed E-state index contributed by atoms with van der Waals surface area (Å²) >= 11 is 6.01. The highest BCUT2D eigenvalue weighted by molar-refractivity contribution is 6.33. The van der Waals surface area contributed by atoms with Crippen LogP contribution in [0.5, 0.6) is 0 Å². The van der Waals surface area contributed by atoms with E-state index >= 15 is 0 Å². The van der Waals surface area contributed by atoms with Gasteiger partial charge in [-0.25, -0.2) is 9.97 Å². The van der Waals surface area contributed by atoms with Gasteiger partial charge < -0.3 is 15.5 Å². The SMILES string of the molecule is CN(C)CCCNc1ncc(C(=O)Nc2ccccc2Cl)cn1. The summed E-state index contributed by atoms with van der Waals surface area (Å²) < 4.78 is 0. The van der Waals surface area contributed by atoms with E-state index < -0.39 is 0 Å². The first-order valence-corrected chi connectivity index (χ1v) is 7.70. The van der Waals surface area contributed by atoms with Gasteiger partial charge in [0.05, 0.1) is 16.3 Å². The van der Waals surface area contributed by atoms with Gasteiger partial charge in [-0.15, -0.1) is 0 Å². The lowest BCUT2D eigenvalue weighted by Gasteiger charge is -2.10. The summed E-state index contributed by atoms with van der Waals surface area (Å²) in [5, 5.41) is 6.34. The number of hydrogen-bond donors (Lipinski definition) is 2. The van der Waals surface area contributed by atoms with Crippen LogP contribution in [-0.4, -0.2) is 48.0 Å². The van der Waals surface area contributed by atoms with Crippen molar-refractivity contribution in [3.63, 3.8) is 0 Å². The largest absolute Gasteiger partial charge is 0.354 e. The zero-order chi connectivity index (χ0) is 16.7. The van der Waals surface area contributed by atoms with Crippen LogP contribution in [0.2, 0.25) is 5.02 Å². The van der Waals surface area contributed by atoms with Crippen LogP contribution in [0.3, 0.4) is 0 Å². The topological polar surface area (TPSA) is 70.2 Å². The van der Waals surface area contributed by atoms with Gasteiger partial charge in [0.1, 0.15) is 0 Å². The monoisotopic (exact) mass is 333 g/mol. The number of amides is 1. The molecule has 0 radical (unpaired) electrons. The Balaban J connectivity index is 1.89. The summed E-state index contributed by atoms with van der Waals surface area (Å²) in [5.74, 6) is 0.218. The smallest absolute Gasteiger partial charge is 0.258 e. The minimum Gasteiger partial charge on any atom is -0.354 e. The van der Waals surface area contributed by atoms with Crippen LogP contribution in [-0.2, 0) is 0 Å². The molecule has 0 atom stereocenters. The molecule has 122 valence electrons. The maximum Gasteiger partial charge on any atom is 0.258 e. The number of para-hydroxylation sites is 1. The van der Waals surface area contributed by atoms with Gasteiger partial charge >= 0.3 is 0 Å². The average molecular weight is 334 g/mol. The molecule has 2 N–H and O–H groups in total. The summed E-state index contributed by atoms with van der Waals surface area (Å²) in [6, 6.07) is 7.06. The van der Waals surface area contributed by atoms with Crippen molar-refractivity contribution in [1.82, 2.24) is 14.9 Å². The maximum atomic E-state index is 12.1. The van der Waals surface area contributed by atoms with Crippen LogP contribution in [0.15, 0.2) is 36.7 Å². The van der Waals surface area contributed by atoms with E-state index in [-0.39, 0.29) is 5.91 Å². The number of rotatable bonds is 7. The first-order valence-electron chi connectivity index (χ1n) is 7.33. The van der Waals surface area contributed by atoms with Crippen molar-refractivity contribution >= 4 is 29.1 Å². The van der Waals surface area contributed by atoms with Crippen molar-refractivity contribution in [3.8, 4) is 0 Å². The van der Waals surface area contributed by atoms with E-state index in [4.69, 9.17) is 11.6 Å². The predicted molar refractivity (Wildman–Crippen MR) is 93.1 cm³/mol. The lowest BCUT2D eigenvalue weighted by atomic mass is 10.3. The molecule has 2 rings (SSSR count). The number of halogens is 1. The number of carbonyl (C=O) groups is 1. The molecule has 0 unspecified atom stereocenters. The minimum absolute atomic E-state index is 0.294. The molecule has 1 aromatic carbocycles. The van der Waals surface area contributed by atoms with Crippen molar-refractivity contribution < 1.29 is 4.79 Å². The molecule has 0 fully saturated rings. The van der Waals surface area contributed by atoms with E-state index in [1.54, 1.807) is 24.3 Å². The normalized spacial score (nSPS) is 10.6. The van der Waals surface area contributed by atoms with Crippen LogP contribution in [0.4, 0.5) is 11.6 Å². The summed E-state index contributed by atoms with van der Waals surface area (Å²) in [6.07, 6.45) is 3.98. The molecular formula is C16H20ClN5O. The van der Waals surface area contributed by atoms with Gasteiger partial charge in [0, 0.05) is 18.9 Å². The molecule has 0 saturated carbocycles. The molecule has 1 heterocycles. The number of carbonyl (C=O) groups excluding carboxylic acids is 1. The Morgan fingerprint density at radius 2 is 1.91 bits per heavy atom. The van der Waals surface area contributed by atoms with Crippen molar-refractivity contribution in [3.05, 3.63) is 47.2 Å². The van der Waals surface area contributed by atoms with Crippen LogP contribution >= 0.6 is 11.6 Å². The summed E-state index contributed by atoms with van der Waals surface area (Å²) in [6.45, 7) is 1.77. The average Bonchev–Trinajstić information content (AvgIpc) is 2.54. The number of benzene rings is 1. The van der Waals surface area contributed by atoms with Crippen molar-refractivity contribution in [2.75, 3.05) is 37.8 Å². The fourth-order valence-corrected chi connectivity index (χ4v) is 2.07. The third kappa shape index (κ3) is 5.50. The maximum absolute atomic E-state index is 12.1. The third-order valence-electron chi connectivity index (χ3n) is 3.10. The number of anilines is 2. The van der Waals surface area contributed by atoms with Gasteiger partial charge in [0.15, 0.2) is 0 Å². The highest BCUT2D eigenvalue weighted by Crippen LogP contribution is 2.21. The Labute approximate surface area is 140 Å². The minimum atomic E-state index is -0.294. The first kappa shape index (κ1) is 17.2.